The Balaban J connectivity index is 3.14. The van der Waals surface area contributed by atoms with Gasteiger partial charge < -0.3 is 5.21 Å². The van der Waals surface area contributed by atoms with Gasteiger partial charge in [-0.25, -0.2) is 0 Å². The van der Waals surface area contributed by atoms with Gasteiger partial charge in [0.25, 0.3) is 0 Å². The Labute approximate surface area is 101 Å². The van der Waals surface area contributed by atoms with Crippen molar-refractivity contribution in [2.45, 2.75) is 39.0 Å². The molecule has 0 amide bonds. The summed E-state index contributed by atoms with van der Waals surface area (Å²) in [6.45, 7) is 4.29. The van der Waals surface area contributed by atoms with E-state index in [1.54, 1.807) is 6.20 Å². The van der Waals surface area contributed by atoms with E-state index in [4.69, 9.17) is 16.8 Å². The average Bonchev–Trinajstić information content (AvgIpc) is 2.29. The lowest BCUT2D eigenvalue weighted by molar-refractivity contribution is 0.322. The normalized spacial score (nSPS) is 13.2. The molecule has 0 aliphatic carbocycles. The SMILES string of the molecule is CCCC(CC)c1cncc(Cl)c1/C=N/O. The maximum absolute atomic E-state index is 8.64. The standard InChI is InChI=1S/C12H17ClN2O/c1-3-5-9(4-2)10-6-14-8-12(13)11(10)7-15-16/h6-9,16H,3-5H2,1-2H3/b15-7+. The van der Waals surface area contributed by atoms with Gasteiger partial charge in [0.1, 0.15) is 0 Å². The number of aromatic nitrogens is 1. The summed E-state index contributed by atoms with van der Waals surface area (Å²) in [4.78, 5) is 4.10. The third-order valence-electron chi connectivity index (χ3n) is 2.73. The molecule has 1 atom stereocenters. The fourth-order valence-corrected chi connectivity index (χ4v) is 2.12. The summed E-state index contributed by atoms with van der Waals surface area (Å²) < 4.78 is 0. The van der Waals surface area contributed by atoms with Crippen molar-refractivity contribution in [2.75, 3.05) is 0 Å². The molecule has 16 heavy (non-hydrogen) atoms. The van der Waals surface area contributed by atoms with Crippen molar-refractivity contribution < 1.29 is 5.21 Å². The van der Waals surface area contributed by atoms with Gasteiger partial charge in [-0.2, -0.15) is 0 Å². The third kappa shape index (κ3) is 2.95. The zero-order valence-electron chi connectivity index (χ0n) is 9.65. The van der Waals surface area contributed by atoms with Crippen molar-refractivity contribution >= 4 is 17.8 Å². The van der Waals surface area contributed by atoms with Crippen LogP contribution in [-0.4, -0.2) is 16.4 Å². The molecule has 0 aliphatic heterocycles. The Morgan fingerprint density at radius 1 is 1.50 bits per heavy atom. The molecule has 1 N–H and O–H groups in total. The second-order valence-corrected chi connectivity index (χ2v) is 4.17. The Bertz CT molecular complexity index is 366. The molecule has 0 bridgehead atoms. The molecule has 1 aromatic rings. The quantitative estimate of drug-likeness (QED) is 0.483. The van der Waals surface area contributed by atoms with Gasteiger partial charge >= 0.3 is 0 Å². The fourth-order valence-electron chi connectivity index (χ4n) is 1.91. The Hall–Kier alpha value is -1.09. The second-order valence-electron chi connectivity index (χ2n) is 3.76. The molecule has 88 valence electrons. The van der Waals surface area contributed by atoms with E-state index in [0.29, 0.717) is 10.9 Å². The minimum Gasteiger partial charge on any atom is -0.411 e. The number of halogens is 1. The summed E-state index contributed by atoms with van der Waals surface area (Å²) >= 11 is 6.04. The average molecular weight is 241 g/mol. The maximum atomic E-state index is 8.64. The lowest BCUT2D eigenvalue weighted by Crippen LogP contribution is -2.03. The largest absolute Gasteiger partial charge is 0.411 e. The number of rotatable bonds is 5. The summed E-state index contributed by atoms with van der Waals surface area (Å²) in [6, 6.07) is 0. The van der Waals surface area contributed by atoms with Crippen LogP contribution in [0.1, 0.15) is 50.2 Å². The van der Waals surface area contributed by atoms with Crippen LogP contribution in [0.3, 0.4) is 0 Å². The van der Waals surface area contributed by atoms with E-state index in [9.17, 15) is 0 Å². The van der Waals surface area contributed by atoms with Crippen LogP contribution < -0.4 is 0 Å². The monoisotopic (exact) mass is 240 g/mol. The molecule has 0 spiro atoms. The van der Waals surface area contributed by atoms with E-state index >= 15 is 0 Å². The molecule has 1 heterocycles. The molecule has 0 aliphatic rings. The third-order valence-corrected chi connectivity index (χ3v) is 3.03. The van der Waals surface area contributed by atoms with Gasteiger partial charge in [-0.15, -0.1) is 0 Å². The van der Waals surface area contributed by atoms with Crippen LogP contribution in [0.4, 0.5) is 0 Å². The molecule has 1 unspecified atom stereocenters. The summed E-state index contributed by atoms with van der Waals surface area (Å²) in [5.41, 5.74) is 1.84. The second kappa shape index (κ2) is 6.48. The maximum Gasteiger partial charge on any atom is 0.0752 e. The fraction of sp³-hybridized carbons (Fsp3) is 0.500. The van der Waals surface area contributed by atoms with E-state index < -0.39 is 0 Å². The van der Waals surface area contributed by atoms with E-state index in [1.807, 2.05) is 6.20 Å². The van der Waals surface area contributed by atoms with Gasteiger partial charge in [-0.1, -0.05) is 37.0 Å². The highest BCUT2D eigenvalue weighted by molar-refractivity contribution is 6.33. The first kappa shape index (κ1) is 13.0. The van der Waals surface area contributed by atoms with Crippen molar-refractivity contribution in [3.05, 3.63) is 28.5 Å². The predicted molar refractivity (Wildman–Crippen MR) is 66.6 cm³/mol. The summed E-state index contributed by atoms with van der Waals surface area (Å²) in [5, 5.41) is 12.2. The lowest BCUT2D eigenvalue weighted by atomic mass is 9.90. The van der Waals surface area contributed by atoms with Gasteiger partial charge in [0.05, 0.1) is 11.2 Å². The number of nitrogens with zero attached hydrogens (tertiary/aromatic N) is 2. The van der Waals surface area contributed by atoms with Gasteiger partial charge in [-0.3, -0.25) is 4.98 Å². The molecule has 3 nitrogen and oxygen atoms in total. The first-order chi connectivity index (χ1) is 7.74. The van der Waals surface area contributed by atoms with E-state index in [0.717, 1.165) is 30.4 Å². The molecule has 0 aromatic carbocycles. The van der Waals surface area contributed by atoms with Gasteiger partial charge in [0.2, 0.25) is 0 Å². The van der Waals surface area contributed by atoms with Gasteiger partial charge in [-0.05, 0) is 24.3 Å². The smallest absolute Gasteiger partial charge is 0.0752 e. The van der Waals surface area contributed by atoms with Crippen LogP contribution in [0.15, 0.2) is 17.5 Å². The first-order valence-electron chi connectivity index (χ1n) is 5.55. The van der Waals surface area contributed by atoms with Crippen LogP contribution in [0.25, 0.3) is 0 Å². The topological polar surface area (TPSA) is 45.5 Å². The minimum absolute atomic E-state index is 0.421. The Kier molecular flexibility index (Phi) is 5.26. The lowest BCUT2D eigenvalue weighted by Gasteiger charge is -2.16. The summed E-state index contributed by atoms with van der Waals surface area (Å²) in [6.07, 6.45) is 8.00. The number of hydrogen-bond acceptors (Lipinski definition) is 3. The summed E-state index contributed by atoms with van der Waals surface area (Å²) in [5.74, 6) is 0.421. The molecular formula is C12H17ClN2O. The highest BCUT2D eigenvalue weighted by atomic mass is 35.5. The van der Waals surface area contributed by atoms with E-state index in [2.05, 4.69) is 24.0 Å². The van der Waals surface area contributed by atoms with Crippen LogP contribution in [0.2, 0.25) is 5.02 Å². The minimum atomic E-state index is 0.421. The number of pyridine rings is 1. The van der Waals surface area contributed by atoms with Crippen molar-refractivity contribution in [1.82, 2.24) is 4.98 Å². The highest BCUT2D eigenvalue weighted by Crippen LogP contribution is 2.29. The molecular weight excluding hydrogens is 224 g/mol. The van der Waals surface area contributed by atoms with E-state index in [-0.39, 0.29) is 0 Å². The number of hydrogen-bond donors (Lipinski definition) is 1. The van der Waals surface area contributed by atoms with Gasteiger partial charge in [0.15, 0.2) is 0 Å². The zero-order chi connectivity index (χ0) is 12.0. The van der Waals surface area contributed by atoms with Crippen molar-refractivity contribution in [1.29, 1.82) is 0 Å². The van der Waals surface area contributed by atoms with Crippen molar-refractivity contribution in [3.8, 4) is 0 Å². The predicted octanol–water partition coefficient (Wildman–Crippen LogP) is 3.84. The molecule has 0 fully saturated rings. The van der Waals surface area contributed by atoms with Crippen molar-refractivity contribution in [2.24, 2.45) is 5.16 Å². The van der Waals surface area contributed by atoms with Crippen molar-refractivity contribution in [3.63, 3.8) is 0 Å². The van der Waals surface area contributed by atoms with Crippen LogP contribution in [0.5, 0.6) is 0 Å². The number of oxime groups is 1. The highest BCUT2D eigenvalue weighted by Gasteiger charge is 2.14. The molecule has 4 heteroatoms. The molecule has 1 rings (SSSR count). The summed E-state index contributed by atoms with van der Waals surface area (Å²) in [7, 11) is 0. The van der Waals surface area contributed by atoms with Crippen LogP contribution in [0, 0.1) is 0 Å². The molecule has 0 saturated heterocycles. The molecule has 1 aromatic heterocycles. The molecule has 0 radical (unpaired) electrons. The van der Waals surface area contributed by atoms with E-state index in [1.165, 1.54) is 6.21 Å². The Morgan fingerprint density at radius 3 is 2.81 bits per heavy atom. The molecule has 0 saturated carbocycles. The zero-order valence-corrected chi connectivity index (χ0v) is 10.4. The Morgan fingerprint density at radius 2 is 2.25 bits per heavy atom. The van der Waals surface area contributed by atoms with Crippen LogP contribution >= 0.6 is 11.6 Å². The first-order valence-corrected chi connectivity index (χ1v) is 5.93. The van der Waals surface area contributed by atoms with Crippen LogP contribution in [-0.2, 0) is 0 Å². The van der Waals surface area contributed by atoms with Gasteiger partial charge in [0, 0.05) is 18.0 Å².